The van der Waals surface area contributed by atoms with E-state index in [4.69, 9.17) is 4.74 Å². The first-order valence-corrected chi connectivity index (χ1v) is 6.65. The van der Waals surface area contributed by atoms with Gasteiger partial charge in [-0.3, -0.25) is 9.59 Å². The molecule has 1 aliphatic rings. The van der Waals surface area contributed by atoms with Crippen molar-refractivity contribution in [3.8, 4) is 0 Å². The number of esters is 1. The molecule has 0 heterocycles. The molecule has 1 aliphatic carbocycles. The van der Waals surface area contributed by atoms with Crippen molar-refractivity contribution in [3.63, 3.8) is 0 Å². The number of carbonyl (C=O) groups is 2. The highest BCUT2D eigenvalue weighted by Crippen LogP contribution is 2.36. The first-order chi connectivity index (χ1) is 8.62. The fraction of sp³-hybridized carbons (Fsp3) is 0.846. The first kappa shape index (κ1) is 15.0. The van der Waals surface area contributed by atoms with Crippen molar-refractivity contribution in [3.05, 3.63) is 0 Å². The van der Waals surface area contributed by atoms with Crippen LogP contribution in [0.5, 0.6) is 0 Å². The molecule has 0 aromatic rings. The van der Waals surface area contributed by atoms with Gasteiger partial charge in [-0.15, -0.1) is 0 Å². The Balaban J connectivity index is 2.22. The van der Waals surface area contributed by atoms with E-state index in [-0.39, 0.29) is 36.7 Å². The summed E-state index contributed by atoms with van der Waals surface area (Å²) in [5, 5.41) is 12.2. The van der Waals surface area contributed by atoms with E-state index in [9.17, 15) is 14.7 Å². The Morgan fingerprint density at radius 2 is 1.94 bits per heavy atom. The molecule has 1 amide bonds. The number of aliphatic hydroxyl groups excluding tert-OH is 1. The van der Waals surface area contributed by atoms with E-state index in [1.165, 1.54) is 0 Å². The van der Waals surface area contributed by atoms with Gasteiger partial charge in [0.2, 0.25) is 5.91 Å². The Kier molecular flexibility index (Phi) is 6.12. The normalized spacial score (nSPS) is 17.4. The lowest BCUT2D eigenvalue weighted by Crippen LogP contribution is -2.38. The molecule has 5 heteroatoms. The van der Waals surface area contributed by atoms with Crippen LogP contribution in [0.2, 0.25) is 0 Å². The summed E-state index contributed by atoms with van der Waals surface area (Å²) in [5.74, 6) is -0.492. The predicted octanol–water partition coefficient (Wildman–Crippen LogP) is 0.999. The lowest BCUT2D eigenvalue weighted by molar-refractivity contribution is -0.144. The minimum Gasteiger partial charge on any atom is -0.466 e. The summed E-state index contributed by atoms with van der Waals surface area (Å²) in [4.78, 5) is 22.7. The van der Waals surface area contributed by atoms with Gasteiger partial charge in [0.15, 0.2) is 0 Å². The van der Waals surface area contributed by atoms with E-state index in [2.05, 4.69) is 5.32 Å². The second-order valence-corrected chi connectivity index (χ2v) is 4.95. The van der Waals surface area contributed by atoms with Crippen LogP contribution in [0.15, 0.2) is 0 Å². The summed E-state index contributed by atoms with van der Waals surface area (Å²) in [6.07, 6.45) is 4.41. The molecule has 1 rings (SSSR count). The third kappa shape index (κ3) is 4.64. The maximum Gasteiger partial charge on any atom is 0.306 e. The van der Waals surface area contributed by atoms with Crippen molar-refractivity contribution in [2.45, 2.75) is 45.4 Å². The number of hydrogen-bond donors (Lipinski definition) is 2. The van der Waals surface area contributed by atoms with Gasteiger partial charge in [-0.25, -0.2) is 0 Å². The third-order valence-corrected chi connectivity index (χ3v) is 3.52. The molecule has 0 aromatic carbocycles. The molecule has 0 spiro atoms. The molecule has 5 nitrogen and oxygen atoms in total. The number of hydrogen-bond acceptors (Lipinski definition) is 4. The molecular weight excluding hydrogens is 234 g/mol. The second kappa shape index (κ2) is 7.36. The average molecular weight is 257 g/mol. The lowest BCUT2D eigenvalue weighted by Gasteiger charge is -2.26. The van der Waals surface area contributed by atoms with Crippen molar-refractivity contribution in [2.75, 3.05) is 19.8 Å². The fourth-order valence-corrected chi connectivity index (χ4v) is 2.34. The highest BCUT2D eigenvalue weighted by molar-refractivity contribution is 5.81. The van der Waals surface area contributed by atoms with Gasteiger partial charge >= 0.3 is 5.97 Å². The minimum absolute atomic E-state index is 0.116. The number of ether oxygens (including phenoxy) is 1. The monoisotopic (exact) mass is 257 g/mol. The van der Waals surface area contributed by atoms with Gasteiger partial charge in [-0.1, -0.05) is 12.8 Å². The molecule has 0 unspecified atom stereocenters. The van der Waals surface area contributed by atoms with Crippen LogP contribution in [-0.2, 0) is 14.3 Å². The molecule has 0 atom stereocenters. The summed E-state index contributed by atoms with van der Waals surface area (Å²) < 4.78 is 4.75. The van der Waals surface area contributed by atoms with Crippen LogP contribution in [0, 0.1) is 5.41 Å². The smallest absolute Gasteiger partial charge is 0.306 e. The van der Waals surface area contributed by atoms with E-state index < -0.39 is 0 Å². The van der Waals surface area contributed by atoms with Crippen molar-refractivity contribution in [1.82, 2.24) is 5.32 Å². The number of aliphatic hydroxyl groups is 1. The van der Waals surface area contributed by atoms with Gasteiger partial charge in [-0.05, 0) is 19.8 Å². The lowest BCUT2D eigenvalue weighted by atomic mass is 9.87. The highest BCUT2D eigenvalue weighted by atomic mass is 16.5. The Hall–Kier alpha value is -1.10. The van der Waals surface area contributed by atoms with Crippen LogP contribution in [0.4, 0.5) is 0 Å². The van der Waals surface area contributed by atoms with Crippen LogP contribution < -0.4 is 5.32 Å². The van der Waals surface area contributed by atoms with E-state index in [1.807, 2.05) is 0 Å². The van der Waals surface area contributed by atoms with Gasteiger partial charge in [-0.2, -0.15) is 0 Å². The summed E-state index contributed by atoms with van der Waals surface area (Å²) in [6.45, 7) is 2.70. The van der Waals surface area contributed by atoms with Crippen LogP contribution >= 0.6 is 0 Å². The van der Waals surface area contributed by atoms with Gasteiger partial charge in [0.1, 0.15) is 0 Å². The highest BCUT2D eigenvalue weighted by Gasteiger charge is 2.33. The molecule has 1 fully saturated rings. The maximum atomic E-state index is 11.6. The molecule has 1 saturated carbocycles. The Labute approximate surface area is 108 Å². The molecule has 0 aromatic heterocycles. The van der Waals surface area contributed by atoms with Crippen LogP contribution in [0.3, 0.4) is 0 Å². The van der Waals surface area contributed by atoms with Crippen molar-refractivity contribution in [2.24, 2.45) is 5.41 Å². The zero-order chi connectivity index (χ0) is 13.4. The molecule has 0 bridgehead atoms. The van der Waals surface area contributed by atoms with Crippen molar-refractivity contribution in [1.29, 1.82) is 0 Å². The molecular formula is C13H23NO4. The second-order valence-electron chi connectivity index (χ2n) is 4.95. The largest absolute Gasteiger partial charge is 0.466 e. The summed E-state index contributed by atoms with van der Waals surface area (Å²) in [5.41, 5.74) is -0.139. The summed E-state index contributed by atoms with van der Waals surface area (Å²) in [7, 11) is 0. The van der Waals surface area contributed by atoms with E-state index >= 15 is 0 Å². The van der Waals surface area contributed by atoms with Crippen LogP contribution in [-0.4, -0.2) is 36.7 Å². The zero-order valence-corrected chi connectivity index (χ0v) is 11.0. The molecule has 18 heavy (non-hydrogen) atoms. The van der Waals surface area contributed by atoms with Crippen molar-refractivity contribution < 1.29 is 19.4 Å². The predicted molar refractivity (Wildman–Crippen MR) is 66.9 cm³/mol. The molecule has 0 aliphatic heterocycles. The molecule has 0 radical (unpaired) electrons. The molecule has 0 saturated heterocycles. The number of amides is 1. The summed E-state index contributed by atoms with van der Waals surface area (Å²) in [6, 6.07) is 0. The van der Waals surface area contributed by atoms with Crippen molar-refractivity contribution >= 4 is 11.9 Å². The topological polar surface area (TPSA) is 75.6 Å². The fourth-order valence-electron chi connectivity index (χ4n) is 2.34. The number of nitrogens with one attached hydrogen (secondary N) is 1. The maximum absolute atomic E-state index is 11.6. The summed E-state index contributed by atoms with van der Waals surface area (Å²) >= 11 is 0. The van der Waals surface area contributed by atoms with Crippen LogP contribution in [0.25, 0.3) is 0 Å². The number of carbonyl (C=O) groups excluding carboxylic acids is 2. The third-order valence-electron chi connectivity index (χ3n) is 3.52. The SMILES string of the molecule is CCOC(=O)CCC(=O)NCC1(CO)CCCC1. The zero-order valence-electron chi connectivity index (χ0n) is 11.0. The van der Waals surface area contributed by atoms with E-state index in [0.717, 1.165) is 25.7 Å². The minimum atomic E-state index is -0.342. The number of rotatable bonds is 7. The van der Waals surface area contributed by atoms with Gasteiger partial charge < -0.3 is 15.2 Å². The Bertz CT molecular complexity index is 285. The first-order valence-electron chi connectivity index (χ1n) is 6.65. The Morgan fingerprint density at radius 3 is 2.50 bits per heavy atom. The van der Waals surface area contributed by atoms with E-state index in [0.29, 0.717) is 13.2 Å². The van der Waals surface area contributed by atoms with Gasteiger partial charge in [0, 0.05) is 18.4 Å². The van der Waals surface area contributed by atoms with E-state index in [1.54, 1.807) is 6.92 Å². The van der Waals surface area contributed by atoms with Gasteiger partial charge in [0.25, 0.3) is 0 Å². The molecule has 2 N–H and O–H groups in total. The average Bonchev–Trinajstić information content (AvgIpc) is 2.84. The standard InChI is InChI=1S/C13H23NO4/c1-2-18-12(17)6-5-11(16)14-9-13(10-15)7-3-4-8-13/h15H,2-10H2,1H3,(H,14,16). The Morgan fingerprint density at radius 1 is 1.28 bits per heavy atom. The van der Waals surface area contributed by atoms with Crippen LogP contribution in [0.1, 0.15) is 45.4 Å². The quantitative estimate of drug-likeness (QED) is 0.667. The van der Waals surface area contributed by atoms with Gasteiger partial charge in [0.05, 0.1) is 19.6 Å². The molecule has 104 valence electrons.